The van der Waals surface area contributed by atoms with Crippen LogP contribution in [0.15, 0.2) is 0 Å². The van der Waals surface area contributed by atoms with E-state index in [0.29, 0.717) is 11.5 Å². The number of rotatable bonds is 3. The molecule has 0 amide bonds. The largest absolute Gasteiger partial charge is 0.377 e. The first-order chi connectivity index (χ1) is 6.84. The van der Waals surface area contributed by atoms with E-state index in [4.69, 9.17) is 10.5 Å². The molecule has 3 saturated carbocycles. The van der Waals surface area contributed by atoms with Crippen LogP contribution in [0.4, 0.5) is 0 Å². The lowest BCUT2D eigenvalue weighted by atomic mass is 9.55. The standard InChI is InChI=1S/C12H21NO/c13-5-1-4-12-7-9-2-3-10(12)11(6-9)14-8-12/h9-11H,1-8,13H2. The first-order valence-corrected chi connectivity index (χ1v) is 6.16. The predicted molar refractivity (Wildman–Crippen MR) is 55.9 cm³/mol. The molecule has 3 aliphatic carbocycles. The normalized spacial score (nSPS) is 49.9. The Bertz CT molecular complexity index is 230. The van der Waals surface area contributed by atoms with Crippen molar-refractivity contribution in [3.63, 3.8) is 0 Å². The summed E-state index contributed by atoms with van der Waals surface area (Å²) in [5.41, 5.74) is 6.19. The highest BCUT2D eigenvalue weighted by atomic mass is 16.5. The van der Waals surface area contributed by atoms with E-state index in [9.17, 15) is 0 Å². The van der Waals surface area contributed by atoms with Crippen molar-refractivity contribution in [1.82, 2.24) is 0 Å². The van der Waals surface area contributed by atoms with E-state index in [0.717, 1.165) is 25.0 Å². The molecular weight excluding hydrogens is 174 g/mol. The lowest BCUT2D eigenvalue weighted by Gasteiger charge is -2.48. The second-order valence-electron chi connectivity index (χ2n) is 5.59. The Hall–Kier alpha value is -0.0800. The highest BCUT2D eigenvalue weighted by Gasteiger charge is 2.56. The van der Waals surface area contributed by atoms with Gasteiger partial charge in [-0.3, -0.25) is 0 Å². The smallest absolute Gasteiger partial charge is 0.0612 e. The van der Waals surface area contributed by atoms with E-state index in [1.807, 2.05) is 0 Å². The molecular formula is C12H21NO. The third-order valence-electron chi connectivity index (χ3n) is 4.85. The Balaban J connectivity index is 1.79. The minimum absolute atomic E-state index is 0.561. The fourth-order valence-electron chi connectivity index (χ4n) is 4.26. The molecule has 1 aliphatic heterocycles. The van der Waals surface area contributed by atoms with Gasteiger partial charge in [0.15, 0.2) is 0 Å². The summed E-state index contributed by atoms with van der Waals surface area (Å²) in [6.45, 7) is 1.89. The third kappa shape index (κ3) is 1.17. The molecule has 14 heavy (non-hydrogen) atoms. The summed E-state index contributed by atoms with van der Waals surface area (Å²) in [5.74, 6) is 1.87. The van der Waals surface area contributed by atoms with Crippen molar-refractivity contribution in [2.24, 2.45) is 23.0 Å². The molecule has 0 radical (unpaired) electrons. The molecule has 80 valence electrons. The van der Waals surface area contributed by atoms with Gasteiger partial charge in [-0.15, -0.1) is 0 Å². The van der Waals surface area contributed by atoms with Crippen LogP contribution in [0, 0.1) is 17.3 Å². The summed E-state index contributed by atoms with van der Waals surface area (Å²) in [4.78, 5) is 0. The minimum Gasteiger partial charge on any atom is -0.377 e. The van der Waals surface area contributed by atoms with E-state index in [2.05, 4.69) is 0 Å². The topological polar surface area (TPSA) is 35.2 Å². The number of fused-ring (bicyclic) bond motifs is 1. The van der Waals surface area contributed by atoms with Crippen LogP contribution in [0.2, 0.25) is 0 Å². The SMILES string of the molecule is NCCCC12COC3CC(CCC31)C2. The highest BCUT2D eigenvalue weighted by Crippen LogP contribution is 2.59. The second-order valence-corrected chi connectivity index (χ2v) is 5.59. The number of hydrogen-bond acceptors (Lipinski definition) is 2. The van der Waals surface area contributed by atoms with Gasteiger partial charge in [0.2, 0.25) is 0 Å². The van der Waals surface area contributed by atoms with Gasteiger partial charge in [-0.2, -0.15) is 0 Å². The fraction of sp³-hybridized carbons (Fsp3) is 1.00. The van der Waals surface area contributed by atoms with Gasteiger partial charge in [0, 0.05) is 0 Å². The summed E-state index contributed by atoms with van der Waals surface area (Å²) in [5, 5.41) is 0. The van der Waals surface area contributed by atoms with Gasteiger partial charge in [-0.05, 0) is 62.3 Å². The number of hydrogen-bond donors (Lipinski definition) is 1. The summed E-state index contributed by atoms with van der Waals surface area (Å²) in [6, 6.07) is 0. The fourth-order valence-corrected chi connectivity index (χ4v) is 4.26. The Morgan fingerprint density at radius 3 is 3.07 bits per heavy atom. The van der Waals surface area contributed by atoms with Crippen molar-refractivity contribution in [1.29, 1.82) is 0 Å². The molecule has 1 saturated heterocycles. The highest BCUT2D eigenvalue weighted by molar-refractivity contribution is 5.05. The van der Waals surface area contributed by atoms with Gasteiger partial charge >= 0.3 is 0 Å². The van der Waals surface area contributed by atoms with Crippen molar-refractivity contribution in [3.8, 4) is 0 Å². The zero-order valence-corrected chi connectivity index (χ0v) is 8.87. The zero-order valence-electron chi connectivity index (χ0n) is 8.87. The van der Waals surface area contributed by atoms with Crippen LogP contribution in [-0.2, 0) is 4.74 Å². The van der Waals surface area contributed by atoms with E-state index in [1.54, 1.807) is 0 Å². The summed E-state index contributed by atoms with van der Waals surface area (Å²) in [6.07, 6.45) is 8.83. The van der Waals surface area contributed by atoms with Crippen molar-refractivity contribution in [2.75, 3.05) is 13.2 Å². The van der Waals surface area contributed by atoms with Gasteiger partial charge in [0.25, 0.3) is 0 Å². The quantitative estimate of drug-likeness (QED) is 0.747. The van der Waals surface area contributed by atoms with E-state index < -0.39 is 0 Å². The van der Waals surface area contributed by atoms with E-state index in [-0.39, 0.29) is 0 Å². The third-order valence-corrected chi connectivity index (χ3v) is 4.85. The predicted octanol–water partition coefficient (Wildman–Crippen LogP) is 1.93. The van der Waals surface area contributed by atoms with Crippen molar-refractivity contribution >= 4 is 0 Å². The molecule has 0 aromatic heterocycles. The van der Waals surface area contributed by atoms with Crippen LogP contribution in [0.3, 0.4) is 0 Å². The van der Waals surface area contributed by atoms with Gasteiger partial charge in [-0.1, -0.05) is 0 Å². The minimum atomic E-state index is 0.561. The van der Waals surface area contributed by atoms with Crippen LogP contribution in [-0.4, -0.2) is 19.3 Å². The maximum Gasteiger partial charge on any atom is 0.0612 e. The number of ether oxygens (including phenoxy) is 1. The van der Waals surface area contributed by atoms with Crippen LogP contribution in [0.5, 0.6) is 0 Å². The first-order valence-electron chi connectivity index (χ1n) is 6.16. The molecule has 4 bridgehead atoms. The molecule has 2 N–H and O–H groups in total. The summed E-state index contributed by atoms with van der Waals surface area (Å²) in [7, 11) is 0. The second kappa shape index (κ2) is 3.21. The van der Waals surface area contributed by atoms with E-state index in [1.165, 1.54) is 38.5 Å². The molecule has 1 heterocycles. The lowest BCUT2D eigenvalue weighted by Crippen LogP contribution is -2.44. The average molecular weight is 195 g/mol. The van der Waals surface area contributed by atoms with Gasteiger partial charge in [0.05, 0.1) is 12.7 Å². The van der Waals surface area contributed by atoms with Crippen LogP contribution in [0.25, 0.3) is 0 Å². The molecule has 4 aliphatic rings. The molecule has 2 nitrogen and oxygen atoms in total. The van der Waals surface area contributed by atoms with E-state index >= 15 is 0 Å². The first kappa shape index (κ1) is 9.17. The van der Waals surface area contributed by atoms with Crippen LogP contribution >= 0.6 is 0 Å². The Morgan fingerprint density at radius 1 is 1.36 bits per heavy atom. The molecule has 0 aromatic carbocycles. The van der Waals surface area contributed by atoms with Crippen LogP contribution in [0.1, 0.15) is 38.5 Å². The summed E-state index contributed by atoms with van der Waals surface area (Å²) >= 11 is 0. The average Bonchev–Trinajstić information content (AvgIpc) is 2.49. The molecule has 4 atom stereocenters. The van der Waals surface area contributed by atoms with Gasteiger partial charge in [0.1, 0.15) is 0 Å². The number of nitrogens with two attached hydrogens (primary N) is 1. The van der Waals surface area contributed by atoms with Crippen LogP contribution < -0.4 is 5.73 Å². The molecule has 0 spiro atoms. The molecule has 2 heteroatoms. The summed E-state index contributed by atoms with van der Waals surface area (Å²) < 4.78 is 5.97. The van der Waals surface area contributed by atoms with Crippen molar-refractivity contribution < 1.29 is 4.74 Å². The molecule has 0 aromatic rings. The zero-order chi connectivity index (χ0) is 9.60. The maximum absolute atomic E-state index is 5.97. The van der Waals surface area contributed by atoms with Gasteiger partial charge in [-0.25, -0.2) is 0 Å². The Morgan fingerprint density at radius 2 is 2.29 bits per heavy atom. The Labute approximate surface area is 86.2 Å². The lowest BCUT2D eigenvalue weighted by molar-refractivity contribution is 0.00615. The van der Waals surface area contributed by atoms with Crippen molar-refractivity contribution in [2.45, 2.75) is 44.6 Å². The maximum atomic E-state index is 5.97. The monoisotopic (exact) mass is 195 g/mol. The van der Waals surface area contributed by atoms with Crippen molar-refractivity contribution in [3.05, 3.63) is 0 Å². The molecule has 4 rings (SSSR count). The molecule has 4 unspecified atom stereocenters. The molecule has 4 fully saturated rings. The Kier molecular flexibility index (Phi) is 2.10. The van der Waals surface area contributed by atoms with Gasteiger partial charge < -0.3 is 10.5 Å².